The van der Waals surface area contributed by atoms with E-state index in [1.807, 2.05) is 18.2 Å². The van der Waals surface area contributed by atoms with Crippen LogP contribution in [0.2, 0.25) is 0 Å². The van der Waals surface area contributed by atoms with Crippen molar-refractivity contribution in [3.8, 4) is 0 Å². The van der Waals surface area contributed by atoms with Crippen LogP contribution in [0.15, 0.2) is 48.5 Å². The molecular formula is C20H24N4O4. The van der Waals surface area contributed by atoms with Gasteiger partial charge in [0.25, 0.3) is 5.69 Å². The Morgan fingerprint density at radius 3 is 2.61 bits per heavy atom. The van der Waals surface area contributed by atoms with Crippen LogP contribution < -0.4 is 15.5 Å². The fourth-order valence-corrected chi connectivity index (χ4v) is 3.22. The van der Waals surface area contributed by atoms with Crippen molar-refractivity contribution in [3.63, 3.8) is 0 Å². The minimum atomic E-state index is -0.835. The smallest absolute Gasteiger partial charge is 0.333 e. The Balaban J connectivity index is 1.96. The number of hydrogen-bond acceptors (Lipinski definition) is 7. The Morgan fingerprint density at radius 2 is 1.96 bits per heavy atom. The van der Waals surface area contributed by atoms with Gasteiger partial charge in [-0.25, -0.2) is 4.79 Å². The van der Waals surface area contributed by atoms with Crippen LogP contribution >= 0.6 is 0 Å². The monoisotopic (exact) mass is 384 g/mol. The molecule has 8 nitrogen and oxygen atoms in total. The van der Waals surface area contributed by atoms with E-state index in [1.165, 1.54) is 6.07 Å². The molecule has 1 heterocycles. The second-order valence-corrected chi connectivity index (χ2v) is 6.44. The van der Waals surface area contributed by atoms with Gasteiger partial charge in [-0.2, -0.15) is 0 Å². The number of nitro groups is 1. The van der Waals surface area contributed by atoms with Gasteiger partial charge in [0.05, 0.1) is 11.5 Å². The van der Waals surface area contributed by atoms with E-state index in [1.54, 1.807) is 31.2 Å². The molecule has 1 atom stereocenters. The van der Waals surface area contributed by atoms with Crippen molar-refractivity contribution in [2.75, 3.05) is 43.0 Å². The van der Waals surface area contributed by atoms with Crippen LogP contribution in [0.1, 0.15) is 18.5 Å². The third-order valence-corrected chi connectivity index (χ3v) is 4.61. The maximum atomic E-state index is 12.5. The molecule has 2 aromatic rings. The zero-order valence-corrected chi connectivity index (χ0v) is 15.8. The average molecular weight is 384 g/mol. The summed E-state index contributed by atoms with van der Waals surface area (Å²) >= 11 is 0. The van der Waals surface area contributed by atoms with E-state index in [9.17, 15) is 14.9 Å². The van der Waals surface area contributed by atoms with Crippen molar-refractivity contribution < 1.29 is 14.5 Å². The zero-order valence-electron chi connectivity index (χ0n) is 15.8. The lowest BCUT2D eigenvalue weighted by Crippen LogP contribution is -2.43. The Kier molecular flexibility index (Phi) is 6.44. The van der Waals surface area contributed by atoms with Gasteiger partial charge in [-0.05, 0) is 24.6 Å². The van der Waals surface area contributed by atoms with Crippen LogP contribution in [0.4, 0.5) is 17.1 Å². The maximum Gasteiger partial charge on any atom is 0.333 e. The van der Waals surface area contributed by atoms with Crippen LogP contribution in [0.5, 0.6) is 0 Å². The third-order valence-electron chi connectivity index (χ3n) is 4.61. The molecule has 0 radical (unpaired) electrons. The predicted octanol–water partition coefficient (Wildman–Crippen LogP) is 2.72. The lowest BCUT2D eigenvalue weighted by atomic mass is 10.1. The molecule has 8 heteroatoms. The molecule has 0 aliphatic carbocycles. The summed E-state index contributed by atoms with van der Waals surface area (Å²) < 4.78 is 5.19. The number of rotatable bonds is 7. The van der Waals surface area contributed by atoms with Gasteiger partial charge in [-0.3, -0.25) is 10.1 Å². The van der Waals surface area contributed by atoms with E-state index < -0.39 is 16.9 Å². The highest BCUT2D eigenvalue weighted by Gasteiger charge is 2.26. The molecule has 28 heavy (non-hydrogen) atoms. The zero-order chi connectivity index (χ0) is 19.9. The summed E-state index contributed by atoms with van der Waals surface area (Å²) in [5.41, 5.74) is 1.78. The lowest BCUT2D eigenvalue weighted by Gasteiger charge is -2.30. The van der Waals surface area contributed by atoms with Crippen LogP contribution in [0.25, 0.3) is 0 Å². The van der Waals surface area contributed by atoms with Crippen molar-refractivity contribution in [2.45, 2.75) is 13.0 Å². The molecule has 0 aromatic heterocycles. The Labute approximate surface area is 163 Å². The van der Waals surface area contributed by atoms with Gasteiger partial charge in [0.2, 0.25) is 0 Å². The quantitative estimate of drug-likeness (QED) is 0.430. The molecule has 2 aromatic carbocycles. The van der Waals surface area contributed by atoms with Crippen LogP contribution in [0, 0.1) is 10.1 Å². The largest absolute Gasteiger partial charge is 0.464 e. The molecule has 1 aliphatic rings. The molecular weight excluding hydrogens is 360 g/mol. The first-order valence-electron chi connectivity index (χ1n) is 9.32. The van der Waals surface area contributed by atoms with Gasteiger partial charge in [0, 0.05) is 37.9 Å². The molecule has 3 rings (SSSR count). The number of carbonyl (C=O) groups excluding carboxylic acids is 1. The number of ether oxygens (including phenoxy) is 1. The summed E-state index contributed by atoms with van der Waals surface area (Å²) in [6, 6.07) is 13.2. The standard InChI is InChI=1S/C20H24N4O4/c1-2-28-20(25)19(15-6-4-3-5-7-15)22-17-14-16(8-9-18(17)24(26)27)23-12-10-21-11-13-23/h3-9,14,19,21-22H,2,10-13H2,1H3. The number of esters is 1. The average Bonchev–Trinajstić information content (AvgIpc) is 2.73. The highest BCUT2D eigenvalue weighted by molar-refractivity contribution is 5.83. The maximum absolute atomic E-state index is 12.5. The SMILES string of the molecule is CCOC(=O)C(Nc1cc(N2CCNCC2)ccc1[N+](=O)[O-])c1ccccc1. The molecule has 2 N–H and O–H groups in total. The van der Waals surface area contributed by atoms with Gasteiger partial charge >= 0.3 is 5.97 Å². The topological polar surface area (TPSA) is 96.7 Å². The molecule has 0 bridgehead atoms. The molecule has 0 saturated carbocycles. The highest BCUT2D eigenvalue weighted by Crippen LogP contribution is 2.33. The molecule has 0 spiro atoms. The summed E-state index contributed by atoms with van der Waals surface area (Å²) in [7, 11) is 0. The fourth-order valence-electron chi connectivity index (χ4n) is 3.22. The predicted molar refractivity (Wildman–Crippen MR) is 108 cm³/mol. The van der Waals surface area contributed by atoms with Crippen molar-refractivity contribution in [2.24, 2.45) is 0 Å². The molecule has 0 amide bonds. The van der Waals surface area contributed by atoms with Gasteiger partial charge < -0.3 is 20.3 Å². The molecule has 148 valence electrons. The summed E-state index contributed by atoms with van der Waals surface area (Å²) in [4.78, 5) is 25.8. The number of nitro benzene ring substituents is 1. The van der Waals surface area contributed by atoms with E-state index >= 15 is 0 Å². The summed E-state index contributed by atoms with van der Waals surface area (Å²) in [6.07, 6.45) is 0. The molecule has 1 fully saturated rings. The van der Waals surface area contributed by atoms with Crippen LogP contribution in [-0.4, -0.2) is 43.7 Å². The second kappa shape index (κ2) is 9.18. The van der Waals surface area contributed by atoms with Crippen molar-refractivity contribution >= 4 is 23.0 Å². The van der Waals surface area contributed by atoms with Gasteiger partial charge in [0.1, 0.15) is 5.69 Å². The fraction of sp³-hybridized carbons (Fsp3) is 0.350. The first-order chi connectivity index (χ1) is 13.6. The normalized spacial score (nSPS) is 15.0. The Morgan fingerprint density at radius 1 is 1.25 bits per heavy atom. The Bertz CT molecular complexity index is 822. The minimum absolute atomic E-state index is 0.0795. The van der Waals surface area contributed by atoms with Crippen LogP contribution in [0.3, 0.4) is 0 Å². The number of hydrogen-bond donors (Lipinski definition) is 2. The van der Waals surface area contributed by atoms with Gasteiger partial charge in [-0.1, -0.05) is 30.3 Å². The number of anilines is 2. The first-order valence-corrected chi connectivity index (χ1v) is 9.32. The van der Waals surface area contributed by atoms with Crippen molar-refractivity contribution in [3.05, 3.63) is 64.2 Å². The van der Waals surface area contributed by atoms with Crippen molar-refractivity contribution in [1.29, 1.82) is 0 Å². The number of carbonyl (C=O) groups is 1. The summed E-state index contributed by atoms with van der Waals surface area (Å²) in [5.74, 6) is -0.476. The van der Waals surface area contributed by atoms with Crippen molar-refractivity contribution in [1.82, 2.24) is 5.32 Å². The van der Waals surface area contributed by atoms with Gasteiger partial charge in [-0.15, -0.1) is 0 Å². The number of nitrogens with one attached hydrogen (secondary N) is 2. The molecule has 1 unspecified atom stereocenters. The van der Waals surface area contributed by atoms with E-state index in [4.69, 9.17) is 4.74 Å². The highest BCUT2D eigenvalue weighted by atomic mass is 16.6. The number of benzene rings is 2. The lowest BCUT2D eigenvalue weighted by molar-refractivity contribution is -0.384. The molecule has 1 aliphatic heterocycles. The molecule has 1 saturated heterocycles. The summed E-state index contributed by atoms with van der Waals surface area (Å²) in [5, 5.41) is 17.9. The first kappa shape index (κ1) is 19.6. The van der Waals surface area contributed by atoms with Crippen LogP contribution in [-0.2, 0) is 9.53 Å². The Hall–Kier alpha value is -3.13. The second-order valence-electron chi connectivity index (χ2n) is 6.44. The van der Waals surface area contributed by atoms with E-state index in [-0.39, 0.29) is 12.3 Å². The van der Waals surface area contributed by atoms with E-state index in [0.717, 1.165) is 31.9 Å². The number of nitrogens with zero attached hydrogens (tertiary/aromatic N) is 2. The van der Waals surface area contributed by atoms with E-state index in [0.29, 0.717) is 11.3 Å². The van der Waals surface area contributed by atoms with Gasteiger partial charge in [0.15, 0.2) is 6.04 Å². The minimum Gasteiger partial charge on any atom is -0.464 e. The third kappa shape index (κ3) is 4.58. The number of piperazine rings is 1. The summed E-state index contributed by atoms with van der Waals surface area (Å²) in [6.45, 7) is 5.30. The van der Waals surface area contributed by atoms with E-state index in [2.05, 4.69) is 15.5 Å².